The fourth-order valence-electron chi connectivity index (χ4n) is 8.72. The van der Waals surface area contributed by atoms with E-state index in [-0.39, 0.29) is 12.5 Å². The van der Waals surface area contributed by atoms with Crippen LogP contribution in [0, 0.1) is 0 Å². The SMILES string of the molecule is CCCCCCCCCCC/C=C\C/C=C\CCCCCCCCCCCCCCCCCC(=O)NC(COC1OC(CO)C(O)C(O)C1O)C(O)CCCCCCCCCCC. The van der Waals surface area contributed by atoms with Crippen molar-refractivity contribution < 1.29 is 39.8 Å². The smallest absolute Gasteiger partial charge is 0.220 e. The molecule has 1 saturated heterocycles. The van der Waals surface area contributed by atoms with Crippen LogP contribution in [0.3, 0.4) is 0 Å². The van der Waals surface area contributed by atoms with Crippen LogP contribution in [0.1, 0.15) is 258 Å². The maximum absolute atomic E-state index is 13.0. The van der Waals surface area contributed by atoms with Gasteiger partial charge in [0, 0.05) is 6.42 Å². The Morgan fingerprint density at radius 1 is 0.540 bits per heavy atom. The van der Waals surface area contributed by atoms with Crippen molar-refractivity contribution >= 4 is 5.91 Å². The van der Waals surface area contributed by atoms with E-state index < -0.39 is 49.5 Å². The van der Waals surface area contributed by atoms with Crippen molar-refractivity contribution in [2.45, 2.75) is 301 Å². The monoisotopic (exact) mass is 894 g/mol. The van der Waals surface area contributed by atoms with E-state index in [1.54, 1.807) is 0 Å². The average molecular weight is 894 g/mol. The standard InChI is InChI=1S/C54H103NO8/c1-3-5-7-9-11-13-14-15-16-17-18-19-20-21-22-23-24-25-26-27-28-29-30-31-32-33-34-36-38-40-42-44-50(58)55-47(48(57)43-41-39-37-35-12-10-8-6-4-2)46-62-54-53(61)52(60)51(59)49(45-56)63-54/h18-19,21-22,47-49,51-54,56-57,59-61H,3-17,20,23-46H2,1-2H3,(H,55,58)/b19-18-,22-21-. The highest BCUT2D eigenvalue weighted by Crippen LogP contribution is 2.23. The Balaban J connectivity index is 2.09. The molecule has 1 heterocycles. The number of allylic oxidation sites excluding steroid dienone is 4. The van der Waals surface area contributed by atoms with Gasteiger partial charge in [0.1, 0.15) is 24.4 Å². The van der Waals surface area contributed by atoms with Gasteiger partial charge in [-0.15, -0.1) is 0 Å². The van der Waals surface area contributed by atoms with Crippen LogP contribution in [-0.4, -0.2) is 87.5 Å². The summed E-state index contributed by atoms with van der Waals surface area (Å²) in [6.07, 6.45) is 48.0. The van der Waals surface area contributed by atoms with Gasteiger partial charge in [0.05, 0.1) is 25.4 Å². The predicted octanol–water partition coefficient (Wildman–Crippen LogP) is 12.6. The molecule has 7 unspecified atom stereocenters. The second-order valence-electron chi connectivity index (χ2n) is 19.0. The molecule has 0 aromatic rings. The van der Waals surface area contributed by atoms with Gasteiger partial charge in [0.15, 0.2) is 6.29 Å². The minimum Gasteiger partial charge on any atom is -0.394 e. The Morgan fingerprint density at radius 3 is 1.37 bits per heavy atom. The molecule has 1 fully saturated rings. The molecular formula is C54H103NO8. The number of amides is 1. The van der Waals surface area contributed by atoms with Gasteiger partial charge < -0.3 is 40.3 Å². The van der Waals surface area contributed by atoms with Gasteiger partial charge in [-0.1, -0.05) is 231 Å². The largest absolute Gasteiger partial charge is 0.394 e. The molecular weight excluding hydrogens is 791 g/mol. The quantitative estimate of drug-likeness (QED) is 0.0261. The molecule has 7 atom stereocenters. The molecule has 63 heavy (non-hydrogen) atoms. The fraction of sp³-hybridized carbons (Fsp3) is 0.907. The van der Waals surface area contributed by atoms with E-state index in [1.165, 1.54) is 186 Å². The third-order valence-electron chi connectivity index (χ3n) is 13.1. The molecule has 6 N–H and O–H groups in total. The summed E-state index contributed by atoms with van der Waals surface area (Å²) in [4.78, 5) is 13.0. The zero-order valence-electron chi connectivity index (χ0n) is 41.1. The summed E-state index contributed by atoms with van der Waals surface area (Å²) < 4.78 is 11.2. The van der Waals surface area contributed by atoms with Crippen molar-refractivity contribution in [2.24, 2.45) is 0 Å². The Bertz CT molecular complexity index is 1040. The van der Waals surface area contributed by atoms with Crippen molar-refractivity contribution in [1.82, 2.24) is 5.32 Å². The molecule has 1 amide bonds. The summed E-state index contributed by atoms with van der Waals surface area (Å²) >= 11 is 0. The van der Waals surface area contributed by atoms with Gasteiger partial charge in [-0.05, 0) is 44.9 Å². The first-order valence-electron chi connectivity index (χ1n) is 27.0. The van der Waals surface area contributed by atoms with Crippen LogP contribution in [0.5, 0.6) is 0 Å². The van der Waals surface area contributed by atoms with E-state index in [1.807, 2.05) is 0 Å². The number of ether oxygens (including phenoxy) is 2. The molecule has 0 aromatic heterocycles. The minimum atomic E-state index is -1.55. The number of aliphatic hydroxyl groups excluding tert-OH is 5. The lowest BCUT2D eigenvalue weighted by molar-refractivity contribution is -0.302. The first kappa shape index (κ1) is 59.7. The normalized spacial score (nSPS) is 20.3. The maximum Gasteiger partial charge on any atom is 0.220 e. The molecule has 1 aliphatic rings. The molecule has 0 bridgehead atoms. The Labute approximate surface area is 388 Å². The molecule has 0 spiro atoms. The van der Waals surface area contributed by atoms with Crippen molar-refractivity contribution in [3.8, 4) is 0 Å². The molecule has 0 aliphatic carbocycles. The molecule has 1 rings (SSSR count). The van der Waals surface area contributed by atoms with Gasteiger partial charge in [-0.25, -0.2) is 0 Å². The second-order valence-corrected chi connectivity index (χ2v) is 19.0. The Kier molecular flexibility index (Phi) is 42.2. The van der Waals surface area contributed by atoms with E-state index in [2.05, 4.69) is 43.5 Å². The number of hydrogen-bond donors (Lipinski definition) is 6. The van der Waals surface area contributed by atoms with E-state index in [9.17, 15) is 30.3 Å². The number of carbonyl (C=O) groups excluding carboxylic acids is 1. The maximum atomic E-state index is 13.0. The molecule has 1 aliphatic heterocycles. The first-order chi connectivity index (χ1) is 30.8. The Morgan fingerprint density at radius 2 is 0.937 bits per heavy atom. The zero-order valence-corrected chi connectivity index (χ0v) is 41.1. The number of unbranched alkanes of at least 4 members (excludes halogenated alkanes) is 32. The van der Waals surface area contributed by atoms with Crippen LogP contribution in [-0.2, 0) is 14.3 Å². The first-order valence-corrected chi connectivity index (χ1v) is 27.0. The van der Waals surface area contributed by atoms with Crippen molar-refractivity contribution in [2.75, 3.05) is 13.2 Å². The zero-order chi connectivity index (χ0) is 45.9. The van der Waals surface area contributed by atoms with Gasteiger partial charge in [0.2, 0.25) is 5.91 Å². The third kappa shape index (κ3) is 34.6. The van der Waals surface area contributed by atoms with Gasteiger partial charge in [-0.2, -0.15) is 0 Å². The lowest BCUT2D eigenvalue weighted by Gasteiger charge is -2.40. The second kappa shape index (κ2) is 44.5. The highest BCUT2D eigenvalue weighted by molar-refractivity contribution is 5.76. The fourth-order valence-corrected chi connectivity index (χ4v) is 8.72. The summed E-state index contributed by atoms with van der Waals surface area (Å²) in [6, 6.07) is -0.715. The Hall–Kier alpha value is -1.33. The van der Waals surface area contributed by atoms with Gasteiger partial charge >= 0.3 is 0 Å². The van der Waals surface area contributed by atoms with Crippen molar-refractivity contribution in [3.63, 3.8) is 0 Å². The van der Waals surface area contributed by atoms with Crippen LogP contribution >= 0.6 is 0 Å². The molecule has 9 heteroatoms. The molecule has 9 nitrogen and oxygen atoms in total. The lowest BCUT2D eigenvalue weighted by atomic mass is 9.99. The van der Waals surface area contributed by atoms with Crippen molar-refractivity contribution in [1.29, 1.82) is 0 Å². The molecule has 0 radical (unpaired) electrons. The van der Waals surface area contributed by atoms with Crippen LogP contribution in [0.15, 0.2) is 24.3 Å². The van der Waals surface area contributed by atoms with Crippen LogP contribution in [0.2, 0.25) is 0 Å². The topological polar surface area (TPSA) is 149 Å². The third-order valence-corrected chi connectivity index (χ3v) is 13.1. The summed E-state index contributed by atoms with van der Waals surface area (Å²) in [5.74, 6) is -0.144. The summed E-state index contributed by atoms with van der Waals surface area (Å²) in [7, 11) is 0. The number of aliphatic hydroxyl groups is 5. The molecule has 372 valence electrons. The van der Waals surface area contributed by atoms with Gasteiger partial charge in [-0.3, -0.25) is 4.79 Å². The van der Waals surface area contributed by atoms with Gasteiger partial charge in [0.25, 0.3) is 0 Å². The van der Waals surface area contributed by atoms with Crippen LogP contribution in [0.4, 0.5) is 0 Å². The van der Waals surface area contributed by atoms with E-state index >= 15 is 0 Å². The van der Waals surface area contributed by atoms with E-state index in [0.29, 0.717) is 12.8 Å². The summed E-state index contributed by atoms with van der Waals surface area (Å²) in [6.45, 7) is 3.82. The predicted molar refractivity (Wildman–Crippen MR) is 263 cm³/mol. The summed E-state index contributed by atoms with van der Waals surface area (Å²) in [5.41, 5.74) is 0. The van der Waals surface area contributed by atoms with E-state index in [0.717, 1.165) is 44.9 Å². The number of rotatable bonds is 46. The summed E-state index contributed by atoms with van der Waals surface area (Å²) in [5, 5.41) is 54.3. The minimum absolute atomic E-state index is 0.136. The van der Waals surface area contributed by atoms with Crippen LogP contribution < -0.4 is 5.32 Å². The van der Waals surface area contributed by atoms with Crippen molar-refractivity contribution in [3.05, 3.63) is 24.3 Å². The van der Waals surface area contributed by atoms with E-state index in [4.69, 9.17) is 9.47 Å². The molecule has 0 saturated carbocycles. The highest BCUT2D eigenvalue weighted by Gasteiger charge is 2.44. The number of hydrogen-bond acceptors (Lipinski definition) is 8. The lowest BCUT2D eigenvalue weighted by Crippen LogP contribution is -2.60. The number of nitrogens with one attached hydrogen (secondary N) is 1. The highest BCUT2D eigenvalue weighted by atomic mass is 16.7. The molecule has 0 aromatic carbocycles. The van der Waals surface area contributed by atoms with Crippen LogP contribution in [0.25, 0.3) is 0 Å². The number of carbonyl (C=O) groups is 1. The average Bonchev–Trinajstić information content (AvgIpc) is 3.28.